The summed E-state index contributed by atoms with van der Waals surface area (Å²) >= 11 is 0. The van der Waals surface area contributed by atoms with Gasteiger partial charge in [0.1, 0.15) is 5.82 Å². The van der Waals surface area contributed by atoms with E-state index >= 15 is 0 Å². The Bertz CT molecular complexity index is 911. The number of amides is 1. The SMILES string of the molecule is COc1ccc(CC(=O)N2CC(c3nc4ccccc4[nH]3)C2)cc1OC. The summed E-state index contributed by atoms with van der Waals surface area (Å²) in [5.74, 6) is 2.65. The molecular weight excluding hydrogens is 330 g/mol. The average Bonchev–Trinajstić information content (AvgIpc) is 3.03. The predicted octanol–water partition coefficient (Wildman–Crippen LogP) is 2.75. The van der Waals surface area contributed by atoms with E-state index in [1.54, 1.807) is 14.2 Å². The second kappa shape index (κ2) is 6.71. The maximum absolute atomic E-state index is 12.5. The van der Waals surface area contributed by atoms with E-state index in [1.807, 2.05) is 47.4 Å². The van der Waals surface area contributed by atoms with E-state index in [-0.39, 0.29) is 11.8 Å². The number of hydrogen-bond acceptors (Lipinski definition) is 4. The maximum atomic E-state index is 12.5. The summed E-state index contributed by atoms with van der Waals surface area (Å²) in [5.41, 5.74) is 2.93. The first-order chi connectivity index (χ1) is 12.7. The molecule has 1 amide bonds. The number of benzene rings is 2. The average molecular weight is 351 g/mol. The second-order valence-electron chi connectivity index (χ2n) is 6.50. The smallest absolute Gasteiger partial charge is 0.227 e. The molecule has 0 radical (unpaired) electrons. The number of likely N-dealkylation sites (tertiary alicyclic amines) is 1. The third kappa shape index (κ3) is 2.98. The topological polar surface area (TPSA) is 67.5 Å². The fourth-order valence-corrected chi connectivity index (χ4v) is 3.30. The lowest BCUT2D eigenvalue weighted by Gasteiger charge is -2.38. The van der Waals surface area contributed by atoms with Gasteiger partial charge in [-0.2, -0.15) is 0 Å². The molecule has 0 saturated carbocycles. The van der Waals surface area contributed by atoms with Crippen molar-refractivity contribution < 1.29 is 14.3 Å². The Morgan fingerprint density at radius 2 is 1.92 bits per heavy atom. The second-order valence-corrected chi connectivity index (χ2v) is 6.50. The summed E-state index contributed by atoms with van der Waals surface area (Å²) in [5, 5.41) is 0. The Hall–Kier alpha value is -3.02. The van der Waals surface area contributed by atoms with Crippen LogP contribution in [-0.2, 0) is 11.2 Å². The van der Waals surface area contributed by atoms with Gasteiger partial charge in [-0.15, -0.1) is 0 Å². The van der Waals surface area contributed by atoms with Crippen LogP contribution in [0.25, 0.3) is 11.0 Å². The zero-order valence-electron chi connectivity index (χ0n) is 14.9. The van der Waals surface area contributed by atoms with E-state index < -0.39 is 0 Å². The number of methoxy groups -OCH3 is 2. The molecule has 26 heavy (non-hydrogen) atoms. The van der Waals surface area contributed by atoms with Crippen LogP contribution in [0.2, 0.25) is 0 Å². The van der Waals surface area contributed by atoms with Crippen molar-refractivity contribution in [1.29, 1.82) is 0 Å². The van der Waals surface area contributed by atoms with Gasteiger partial charge in [-0.05, 0) is 29.8 Å². The first-order valence-electron chi connectivity index (χ1n) is 8.61. The lowest BCUT2D eigenvalue weighted by atomic mass is 9.98. The summed E-state index contributed by atoms with van der Waals surface area (Å²) in [4.78, 5) is 22.4. The molecule has 6 heteroatoms. The largest absolute Gasteiger partial charge is 0.493 e. The van der Waals surface area contributed by atoms with Crippen LogP contribution in [0.15, 0.2) is 42.5 Å². The molecule has 6 nitrogen and oxygen atoms in total. The van der Waals surface area contributed by atoms with Gasteiger partial charge in [-0.3, -0.25) is 4.79 Å². The third-order valence-electron chi connectivity index (χ3n) is 4.83. The number of rotatable bonds is 5. The number of nitrogens with one attached hydrogen (secondary N) is 1. The fourth-order valence-electron chi connectivity index (χ4n) is 3.30. The number of para-hydroxylation sites is 2. The van der Waals surface area contributed by atoms with Crippen molar-refractivity contribution in [3.8, 4) is 11.5 Å². The van der Waals surface area contributed by atoms with Crippen molar-refractivity contribution in [3.63, 3.8) is 0 Å². The molecule has 1 aliphatic heterocycles. The molecule has 1 saturated heterocycles. The van der Waals surface area contributed by atoms with E-state index in [2.05, 4.69) is 9.97 Å². The number of imidazole rings is 1. The highest BCUT2D eigenvalue weighted by Crippen LogP contribution is 2.30. The van der Waals surface area contributed by atoms with E-state index in [4.69, 9.17) is 9.47 Å². The Kier molecular flexibility index (Phi) is 4.24. The minimum absolute atomic E-state index is 0.115. The molecule has 134 valence electrons. The van der Waals surface area contributed by atoms with E-state index in [0.29, 0.717) is 31.0 Å². The Morgan fingerprint density at radius 1 is 1.15 bits per heavy atom. The zero-order valence-corrected chi connectivity index (χ0v) is 14.9. The number of aromatic nitrogens is 2. The van der Waals surface area contributed by atoms with Gasteiger partial charge in [0.05, 0.1) is 37.6 Å². The van der Waals surface area contributed by atoms with Gasteiger partial charge in [-0.25, -0.2) is 4.98 Å². The molecule has 0 bridgehead atoms. The molecule has 0 aliphatic carbocycles. The molecule has 2 heterocycles. The van der Waals surface area contributed by atoms with Crippen LogP contribution in [-0.4, -0.2) is 48.1 Å². The van der Waals surface area contributed by atoms with E-state index in [9.17, 15) is 4.79 Å². The molecular formula is C20H21N3O3. The van der Waals surface area contributed by atoms with Crippen molar-refractivity contribution in [2.75, 3.05) is 27.3 Å². The fraction of sp³-hybridized carbons (Fsp3) is 0.300. The Labute approximate surface area is 151 Å². The summed E-state index contributed by atoms with van der Waals surface area (Å²) in [6.45, 7) is 1.40. The van der Waals surface area contributed by atoms with Crippen molar-refractivity contribution in [2.45, 2.75) is 12.3 Å². The molecule has 2 aromatic carbocycles. The van der Waals surface area contributed by atoms with Gasteiger partial charge in [0.15, 0.2) is 11.5 Å². The van der Waals surface area contributed by atoms with E-state index in [0.717, 1.165) is 22.4 Å². The minimum Gasteiger partial charge on any atom is -0.493 e. The normalized spacial score (nSPS) is 14.3. The summed E-state index contributed by atoms with van der Waals surface area (Å²) in [7, 11) is 3.19. The number of fused-ring (bicyclic) bond motifs is 1. The third-order valence-corrected chi connectivity index (χ3v) is 4.83. The predicted molar refractivity (Wildman–Crippen MR) is 98.7 cm³/mol. The quantitative estimate of drug-likeness (QED) is 0.767. The summed E-state index contributed by atoms with van der Waals surface area (Å²) < 4.78 is 10.5. The minimum atomic E-state index is 0.115. The lowest BCUT2D eigenvalue weighted by molar-refractivity contribution is -0.134. The van der Waals surface area contributed by atoms with Crippen LogP contribution < -0.4 is 9.47 Å². The molecule has 1 aromatic heterocycles. The number of carbonyl (C=O) groups excluding carboxylic acids is 1. The lowest BCUT2D eigenvalue weighted by Crippen LogP contribution is -2.49. The molecule has 1 fully saturated rings. The molecule has 1 aliphatic rings. The van der Waals surface area contributed by atoms with Gasteiger partial charge in [0, 0.05) is 13.1 Å². The van der Waals surface area contributed by atoms with E-state index in [1.165, 1.54) is 0 Å². The number of H-pyrrole nitrogens is 1. The Morgan fingerprint density at radius 3 is 2.65 bits per heavy atom. The standard InChI is InChI=1S/C20H21N3O3/c1-25-17-8-7-13(9-18(17)26-2)10-19(24)23-11-14(12-23)20-21-15-5-3-4-6-16(15)22-20/h3-9,14H,10-12H2,1-2H3,(H,21,22). The van der Waals surface area contributed by atoms with Crippen LogP contribution in [0.3, 0.4) is 0 Å². The molecule has 0 atom stereocenters. The number of ether oxygens (including phenoxy) is 2. The monoisotopic (exact) mass is 351 g/mol. The first-order valence-corrected chi connectivity index (χ1v) is 8.61. The van der Waals surface area contributed by atoms with Gasteiger partial charge < -0.3 is 19.4 Å². The number of hydrogen-bond donors (Lipinski definition) is 1. The van der Waals surface area contributed by atoms with Crippen molar-refractivity contribution in [3.05, 3.63) is 53.9 Å². The van der Waals surface area contributed by atoms with Gasteiger partial charge >= 0.3 is 0 Å². The Balaban J connectivity index is 1.38. The van der Waals surface area contributed by atoms with Crippen molar-refractivity contribution >= 4 is 16.9 Å². The van der Waals surface area contributed by atoms with Gasteiger partial charge in [-0.1, -0.05) is 18.2 Å². The van der Waals surface area contributed by atoms with Crippen molar-refractivity contribution in [1.82, 2.24) is 14.9 Å². The zero-order chi connectivity index (χ0) is 18.1. The van der Waals surface area contributed by atoms with Crippen LogP contribution in [0.5, 0.6) is 11.5 Å². The highest BCUT2D eigenvalue weighted by Gasteiger charge is 2.33. The highest BCUT2D eigenvalue weighted by atomic mass is 16.5. The summed E-state index contributed by atoms with van der Waals surface area (Å²) in [6, 6.07) is 13.6. The molecule has 0 unspecified atom stereocenters. The highest BCUT2D eigenvalue weighted by molar-refractivity contribution is 5.80. The maximum Gasteiger partial charge on any atom is 0.227 e. The van der Waals surface area contributed by atoms with Crippen molar-refractivity contribution in [2.24, 2.45) is 0 Å². The summed E-state index contributed by atoms with van der Waals surface area (Å²) in [6.07, 6.45) is 0.354. The molecule has 3 aromatic rings. The molecule has 0 spiro atoms. The number of nitrogens with zero attached hydrogens (tertiary/aromatic N) is 2. The van der Waals surface area contributed by atoms with Crippen LogP contribution in [0.4, 0.5) is 0 Å². The molecule has 1 N–H and O–H groups in total. The van der Waals surface area contributed by atoms with Gasteiger partial charge in [0.25, 0.3) is 0 Å². The first kappa shape index (κ1) is 16.4. The van der Waals surface area contributed by atoms with Crippen LogP contribution in [0.1, 0.15) is 17.3 Å². The molecule has 4 rings (SSSR count). The number of carbonyl (C=O) groups is 1. The van der Waals surface area contributed by atoms with Crippen LogP contribution >= 0.6 is 0 Å². The number of aromatic amines is 1. The van der Waals surface area contributed by atoms with Crippen LogP contribution in [0, 0.1) is 0 Å². The van der Waals surface area contributed by atoms with Gasteiger partial charge in [0.2, 0.25) is 5.91 Å².